The molecular weight excluding hydrogens is 382 g/mol. The first-order valence-corrected chi connectivity index (χ1v) is 10.7. The van der Waals surface area contributed by atoms with Crippen LogP contribution >= 0.6 is 0 Å². The minimum Gasteiger partial charge on any atom is -0.376 e. The van der Waals surface area contributed by atoms with Gasteiger partial charge in [-0.15, -0.1) is 0 Å². The lowest BCUT2D eigenvalue weighted by molar-refractivity contribution is 0.0959. The average molecular weight is 405 g/mol. The van der Waals surface area contributed by atoms with Crippen molar-refractivity contribution in [2.75, 3.05) is 13.2 Å². The Morgan fingerprint density at radius 1 is 0.933 bits per heavy atom. The minimum absolute atomic E-state index is 0.0640. The normalized spacial score (nSPS) is 22.0. The molecule has 8 heteroatoms. The third-order valence-electron chi connectivity index (χ3n) is 6.15. The van der Waals surface area contributed by atoms with Crippen molar-refractivity contribution in [3.8, 4) is 0 Å². The van der Waals surface area contributed by atoms with Crippen molar-refractivity contribution in [2.24, 2.45) is 0 Å². The van der Waals surface area contributed by atoms with Crippen LogP contribution in [0.4, 0.5) is 0 Å². The first-order valence-electron chi connectivity index (χ1n) is 10.7. The maximum absolute atomic E-state index is 13.5. The highest BCUT2D eigenvalue weighted by Gasteiger charge is 2.25. The van der Waals surface area contributed by atoms with Gasteiger partial charge in [-0.05, 0) is 37.8 Å². The molecule has 8 nitrogen and oxygen atoms in total. The molecule has 1 aromatic carbocycles. The number of aromatic nitrogens is 5. The SMILES string of the molecule is O=c1c2c3nc4ccccc4nc3n(CC3CCCO3)c2ncn1CC1CCCO1. The second-order valence-electron chi connectivity index (χ2n) is 8.17. The van der Waals surface area contributed by atoms with Crippen LogP contribution in [-0.4, -0.2) is 49.5 Å². The lowest BCUT2D eigenvalue weighted by atomic mass is 10.2. The van der Waals surface area contributed by atoms with Crippen LogP contribution in [0.1, 0.15) is 25.7 Å². The van der Waals surface area contributed by atoms with Crippen LogP contribution in [0.25, 0.3) is 33.2 Å². The van der Waals surface area contributed by atoms with Crippen molar-refractivity contribution in [1.29, 1.82) is 0 Å². The smallest absolute Gasteiger partial charge is 0.265 e. The van der Waals surface area contributed by atoms with E-state index in [4.69, 9.17) is 19.4 Å². The summed E-state index contributed by atoms with van der Waals surface area (Å²) < 4.78 is 15.3. The molecule has 2 unspecified atom stereocenters. The number of benzene rings is 1. The van der Waals surface area contributed by atoms with Crippen LogP contribution in [0.5, 0.6) is 0 Å². The van der Waals surface area contributed by atoms with Crippen LogP contribution in [-0.2, 0) is 22.6 Å². The number of nitrogens with zero attached hydrogens (tertiary/aromatic N) is 5. The van der Waals surface area contributed by atoms with Gasteiger partial charge >= 0.3 is 0 Å². The van der Waals surface area contributed by atoms with E-state index in [1.165, 1.54) is 0 Å². The molecule has 0 N–H and O–H groups in total. The molecule has 0 bridgehead atoms. The molecular formula is C22H23N5O3. The Bertz CT molecular complexity index is 1300. The van der Waals surface area contributed by atoms with Crippen LogP contribution in [0.15, 0.2) is 35.4 Å². The Labute approximate surface area is 172 Å². The first kappa shape index (κ1) is 18.0. The molecule has 2 saturated heterocycles. The van der Waals surface area contributed by atoms with E-state index in [2.05, 4.69) is 4.98 Å². The Morgan fingerprint density at radius 3 is 2.33 bits per heavy atom. The minimum atomic E-state index is -0.0869. The predicted octanol–water partition coefficient (Wildman–Crippen LogP) is 2.65. The fourth-order valence-corrected chi connectivity index (χ4v) is 4.64. The topological polar surface area (TPSA) is 84.1 Å². The summed E-state index contributed by atoms with van der Waals surface area (Å²) in [5, 5.41) is 0.529. The second kappa shape index (κ2) is 7.14. The summed E-state index contributed by atoms with van der Waals surface area (Å²) in [5.74, 6) is 0. The van der Waals surface area contributed by atoms with Gasteiger partial charge in [0.25, 0.3) is 5.56 Å². The van der Waals surface area contributed by atoms with Gasteiger partial charge in [-0.2, -0.15) is 0 Å². The Kier molecular flexibility index (Phi) is 4.28. The van der Waals surface area contributed by atoms with Gasteiger partial charge in [-0.25, -0.2) is 15.0 Å². The molecule has 3 aromatic heterocycles. The molecule has 2 atom stereocenters. The third-order valence-corrected chi connectivity index (χ3v) is 6.15. The number of fused-ring (bicyclic) bond motifs is 4. The van der Waals surface area contributed by atoms with Gasteiger partial charge in [0.15, 0.2) is 11.3 Å². The summed E-state index contributed by atoms with van der Waals surface area (Å²) in [5.41, 5.74) is 3.43. The lowest BCUT2D eigenvalue weighted by Crippen LogP contribution is -2.27. The highest BCUT2D eigenvalue weighted by Crippen LogP contribution is 2.27. The van der Waals surface area contributed by atoms with Gasteiger partial charge in [0.05, 0.1) is 42.7 Å². The zero-order chi connectivity index (χ0) is 20.1. The van der Waals surface area contributed by atoms with E-state index in [-0.39, 0.29) is 17.8 Å². The molecule has 0 spiro atoms. The van der Waals surface area contributed by atoms with E-state index in [0.29, 0.717) is 35.3 Å². The lowest BCUT2D eigenvalue weighted by Gasteiger charge is -2.13. The zero-order valence-corrected chi connectivity index (χ0v) is 16.7. The Morgan fingerprint density at radius 2 is 1.63 bits per heavy atom. The van der Waals surface area contributed by atoms with E-state index >= 15 is 0 Å². The van der Waals surface area contributed by atoms with Gasteiger partial charge in [-0.1, -0.05) is 12.1 Å². The van der Waals surface area contributed by atoms with E-state index in [0.717, 1.165) is 49.9 Å². The molecule has 0 amide bonds. The molecule has 30 heavy (non-hydrogen) atoms. The van der Waals surface area contributed by atoms with E-state index in [1.807, 2.05) is 28.8 Å². The van der Waals surface area contributed by atoms with Crippen molar-refractivity contribution >= 4 is 33.2 Å². The summed E-state index contributed by atoms with van der Waals surface area (Å²) in [6, 6.07) is 7.75. The molecule has 6 rings (SSSR count). The standard InChI is InChI=1S/C22H23N5O3/c28-22-18-19-21(25-17-8-2-1-7-16(17)24-19)27(12-15-6-4-10-30-15)20(18)23-13-26(22)11-14-5-3-9-29-14/h1-2,7-8,13-15H,3-6,9-12H2. The van der Waals surface area contributed by atoms with Gasteiger partial charge in [-0.3, -0.25) is 9.36 Å². The monoisotopic (exact) mass is 405 g/mol. The Hall–Kier alpha value is -2.84. The summed E-state index contributed by atoms with van der Waals surface area (Å²) >= 11 is 0. The maximum atomic E-state index is 13.5. The number of hydrogen-bond donors (Lipinski definition) is 0. The molecule has 0 radical (unpaired) electrons. The number of para-hydroxylation sites is 2. The Balaban J connectivity index is 1.58. The van der Waals surface area contributed by atoms with Crippen molar-refractivity contribution in [3.63, 3.8) is 0 Å². The largest absolute Gasteiger partial charge is 0.376 e. The highest BCUT2D eigenvalue weighted by molar-refractivity contribution is 6.04. The van der Waals surface area contributed by atoms with Gasteiger partial charge in [0, 0.05) is 13.2 Å². The molecule has 2 aliphatic rings. The molecule has 5 heterocycles. The van der Waals surface area contributed by atoms with Crippen molar-refractivity contribution < 1.29 is 9.47 Å². The molecule has 4 aromatic rings. The summed E-state index contributed by atoms with van der Waals surface area (Å²) in [7, 11) is 0. The van der Waals surface area contributed by atoms with Gasteiger partial charge in [0.2, 0.25) is 0 Å². The number of hydrogen-bond acceptors (Lipinski definition) is 6. The molecule has 0 aliphatic carbocycles. The summed E-state index contributed by atoms with van der Waals surface area (Å²) in [6.45, 7) is 2.67. The fraction of sp³-hybridized carbons (Fsp3) is 0.455. The fourth-order valence-electron chi connectivity index (χ4n) is 4.64. The van der Waals surface area contributed by atoms with E-state index < -0.39 is 0 Å². The highest BCUT2D eigenvalue weighted by atomic mass is 16.5. The van der Waals surface area contributed by atoms with Crippen molar-refractivity contribution in [3.05, 3.63) is 40.9 Å². The van der Waals surface area contributed by atoms with Crippen molar-refractivity contribution in [2.45, 2.75) is 51.0 Å². The molecule has 154 valence electrons. The molecule has 2 aliphatic heterocycles. The zero-order valence-electron chi connectivity index (χ0n) is 16.7. The number of ether oxygens (including phenoxy) is 2. The quantitative estimate of drug-likeness (QED) is 0.519. The van der Waals surface area contributed by atoms with E-state index in [9.17, 15) is 4.79 Å². The second-order valence-corrected chi connectivity index (χ2v) is 8.17. The van der Waals surface area contributed by atoms with Crippen molar-refractivity contribution in [1.82, 2.24) is 24.1 Å². The van der Waals surface area contributed by atoms with Crippen LogP contribution < -0.4 is 5.56 Å². The summed E-state index contributed by atoms with van der Waals surface area (Å²) in [4.78, 5) is 27.8. The van der Waals surface area contributed by atoms with Crippen LogP contribution in [0.3, 0.4) is 0 Å². The van der Waals surface area contributed by atoms with Crippen LogP contribution in [0, 0.1) is 0 Å². The summed E-state index contributed by atoms with van der Waals surface area (Å²) in [6.07, 6.45) is 5.86. The molecule has 0 saturated carbocycles. The average Bonchev–Trinajstić information content (AvgIpc) is 3.51. The third kappa shape index (κ3) is 2.90. The first-order chi connectivity index (χ1) is 14.8. The maximum Gasteiger partial charge on any atom is 0.265 e. The van der Waals surface area contributed by atoms with Gasteiger partial charge < -0.3 is 14.0 Å². The number of rotatable bonds is 4. The van der Waals surface area contributed by atoms with E-state index in [1.54, 1.807) is 10.9 Å². The molecule has 2 fully saturated rings. The predicted molar refractivity (Wildman–Crippen MR) is 113 cm³/mol. The van der Waals surface area contributed by atoms with Gasteiger partial charge in [0.1, 0.15) is 10.9 Å². The van der Waals surface area contributed by atoms with Crippen LogP contribution in [0.2, 0.25) is 0 Å².